The fourth-order valence-corrected chi connectivity index (χ4v) is 2.88. The van der Waals surface area contributed by atoms with Gasteiger partial charge < -0.3 is 4.90 Å². The van der Waals surface area contributed by atoms with Crippen molar-refractivity contribution in [3.8, 4) is 0 Å². The molecule has 1 aliphatic rings. The molecule has 0 N–H and O–H groups in total. The molecule has 0 aliphatic carbocycles. The van der Waals surface area contributed by atoms with Crippen LogP contribution in [0, 0.1) is 0 Å². The quantitative estimate of drug-likeness (QED) is 0.804. The summed E-state index contributed by atoms with van der Waals surface area (Å²) in [5.41, 5.74) is 2.36. The molecule has 0 saturated carbocycles. The van der Waals surface area contributed by atoms with Crippen LogP contribution in [-0.4, -0.2) is 18.4 Å². The van der Waals surface area contributed by atoms with E-state index in [4.69, 9.17) is 0 Å². The molecule has 0 saturated heterocycles. The van der Waals surface area contributed by atoms with E-state index in [9.17, 15) is 9.59 Å². The van der Waals surface area contributed by atoms with Crippen molar-refractivity contribution >= 4 is 28.9 Å². The van der Waals surface area contributed by atoms with Crippen molar-refractivity contribution in [2.75, 3.05) is 16.3 Å². The summed E-state index contributed by atoms with van der Waals surface area (Å²) in [5, 5.41) is 0. The highest BCUT2D eigenvalue weighted by Crippen LogP contribution is 2.37. The normalized spacial score (nSPS) is 14.7. The number of anilines is 3. The standard InChI is InChI=1S/C19H20N2O2/c1-2-3-13-20-16-11-7-8-12-17(16)21(19(23)14-18(20)22)15-9-5-4-6-10-15/h4-12H,2-3,13-14H2,1H3. The Balaban J connectivity index is 2.11. The molecule has 1 aliphatic heterocycles. The van der Waals surface area contributed by atoms with Gasteiger partial charge in [-0.3, -0.25) is 14.5 Å². The Morgan fingerprint density at radius 2 is 1.52 bits per heavy atom. The largest absolute Gasteiger partial charge is 0.310 e. The smallest absolute Gasteiger partial charge is 0.241 e. The molecule has 23 heavy (non-hydrogen) atoms. The summed E-state index contributed by atoms with van der Waals surface area (Å²) in [7, 11) is 0. The zero-order valence-electron chi connectivity index (χ0n) is 13.2. The highest BCUT2D eigenvalue weighted by Gasteiger charge is 2.31. The number of carbonyl (C=O) groups is 2. The first kappa shape index (κ1) is 15.3. The predicted molar refractivity (Wildman–Crippen MR) is 91.9 cm³/mol. The SMILES string of the molecule is CCCCN1C(=O)CC(=O)N(c2ccccc2)c2ccccc21. The fourth-order valence-electron chi connectivity index (χ4n) is 2.88. The number of hydrogen-bond donors (Lipinski definition) is 0. The molecule has 1 heterocycles. The van der Waals surface area contributed by atoms with Gasteiger partial charge in [0.05, 0.1) is 11.4 Å². The van der Waals surface area contributed by atoms with E-state index in [2.05, 4.69) is 6.92 Å². The molecular weight excluding hydrogens is 288 g/mol. The second-order valence-electron chi connectivity index (χ2n) is 5.63. The lowest BCUT2D eigenvalue weighted by Gasteiger charge is -2.25. The maximum atomic E-state index is 12.7. The first-order valence-electron chi connectivity index (χ1n) is 7.99. The van der Waals surface area contributed by atoms with Gasteiger partial charge in [-0.05, 0) is 30.7 Å². The Kier molecular flexibility index (Phi) is 4.42. The summed E-state index contributed by atoms with van der Waals surface area (Å²) in [5.74, 6) is -0.318. The van der Waals surface area contributed by atoms with E-state index in [1.165, 1.54) is 0 Å². The van der Waals surface area contributed by atoms with Crippen molar-refractivity contribution in [3.05, 3.63) is 54.6 Å². The van der Waals surface area contributed by atoms with Gasteiger partial charge in [0.25, 0.3) is 0 Å². The first-order valence-corrected chi connectivity index (χ1v) is 7.99. The minimum absolute atomic E-state index is 0.104. The van der Waals surface area contributed by atoms with E-state index in [-0.39, 0.29) is 18.2 Å². The van der Waals surface area contributed by atoms with Crippen molar-refractivity contribution in [1.82, 2.24) is 0 Å². The summed E-state index contributed by atoms with van der Waals surface area (Å²) in [6.45, 7) is 2.73. The summed E-state index contributed by atoms with van der Waals surface area (Å²) >= 11 is 0. The number of fused-ring (bicyclic) bond motifs is 1. The Morgan fingerprint density at radius 1 is 0.870 bits per heavy atom. The second kappa shape index (κ2) is 6.65. The van der Waals surface area contributed by atoms with Crippen molar-refractivity contribution in [2.24, 2.45) is 0 Å². The lowest BCUT2D eigenvalue weighted by atomic mass is 10.2. The molecule has 4 nitrogen and oxygen atoms in total. The predicted octanol–water partition coefficient (Wildman–Crippen LogP) is 3.89. The van der Waals surface area contributed by atoms with Gasteiger partial charge in [0.2, 0.25) is 11.8 Å². The van der Waals surface area contributed by atoms with Gasteiger partial charge in [-0.1, -0.05) is 43.7 Å². The third kappa shape index (κ3) is 2.97. The summed E-state index contributed by atoms with van der Waals surface area (Å²) in [6, 6.07) is 17.1. The van der Waals surface area contributed by atoms with E-state index in [1.807, 2.05) is 54.6 Å². The number of benzene rings is 2. The minimum atomic E-state index is -0.187. The molecule has 0 atom stereocenters. The van der Waals surface area contributed by atoms with Gasteiger partial charge in [-0.25, -0.2) is 0 Å². The number of carbonyl (C=O) groups excluding carboxylic acids is 2. The van der Waals surface area contributed by atoms with Gasteiger partial charge in [0, 0.05) is 12.2 Å². The molecule has 0 unspecified atom stereocenters. The average molecular weight is 308 g/mol. The summed E-state index contributed by atoms with van der Waals surface area (Å²) in [6.07, 6.45) is 1.81. The highest BCUT2D eigenvalue weighted by atomic mass is 16.2. The van der Waals surface area contributed by atoms with Crippen LogP contribution in [0.4, 0.5) is 17.1 Å². The Morgan fingerprint density at radius 3 is 2.22 bits per heavy atom. The van der Waals surface area contributed by atoms with Crippen LogP contribution in [-0.2, 0) is 9.59 Å². The van der Waals surface area contributed by atoms with E-state index in [0.29, 0.717) is 6.54 Å². The van der Waals surface area contributed by atoms with E-state index in [1.54, 1.807) is 9.80 Å². The maximum Gasteiger partial charge on any atom is 0.241 e. The third-order valence-electron chi connectivity index (χ3n) is 4.02. The monoisotopic (exact) mass is 308 g/mol. The van der Waals surface area contributed by atoms with Crippen LogP contribution in [0.5, 0.6) is 0 Å². The number of amides is 2. The Bertz CT molecular complexity index is 712. The van der Waals surface area contributed by atoms with Gasteiger partial charge in [-0.15, -0.1) is 0 Å². The highest BCUT2D eigenvalue weighted by molar-refractivity contribution is 6.18. The van der Waals surface area contributed by atoms with Crippen molar-refractivity contribution < 1.29 is 9.59 Å². The van der Waals surface area contributed by atoms with Crippen LogP contribution >= 0.6 is 0 Å². The Labute approximate surface area is 136 Å². The van der Waals surface area contributed by atoms with Crippen LogP contribution in [0.1, 0.15) is 26.2 Å². The lowest BCUT2D eigenvalue weighted by molar-refractivity contribution is -0.125. The van der Waals surface area contributed by atoms with Crippen molar-refractivity contribution in [3.63, 3.8) is 0 Å². The summed E-state index contributed by atoms with van der Waals surface area (Å²) in [4.78, 5) is 28.6. The summed E-state index contributed by atoms with van der Waals surface area (Å²) < 4.78 is 0. The van der Waals surface area contributed by atoms with Crippen LogP contribution in [0.15, 0.2) is 54.6 Å². The molecular formula is C19H20N2O2. The number of para-hydroxylation sites is 3. The molecule has 0 aromatic heterocycles. The van der Waals surface area contributed by atoms with Crippen LogP contribution < -0.4 is 9.80 Å². The molecule has 2 aromatic carbocycles. The number of rotatable bonds is 4. The van der Waals surface area contributed by atoms with Crippen molar-refractivity contribution in [1.29, 1.82) is 0 Å². The van der Waals surface area contributed by atoms with E-state index >= 15 is 0 Å². The second-order valence-corrected chi connectivity index (χ2v) is 5.63. The number of nitrogens with zero attached hydrogens (tertiary/aromatic N) is 2. The third-order valence-corrected chi connectivity index (χ3v) is 4.02. The van der Waals surface area contributed by atoms with Crippen LogP contribution in [0.3, 0.4) is 0 Å². The number of hydrogen-bond acceptors (Lipinski definition) is 2. The molecule has 4 heteroatoms. The van der Waals surface area contributed by atoms with Crippen LogP contribution in [0.25, 0.3) is 0 Å². The molecule has 0 radical (unpaired) electrons. The van der Waals surface area contributed by atoms with Gasteiger partial charge in [0.1, 0.15) is 6.42 Å². The van der Waals surface area contributed by atoms with E-state index < -0.39 is 0 Å². The lowest BCUT2D eigenvalue weighted by Crippen LogP contribution is -2.32. The maximum absolute atomic E-state index is 12.7. The van der Waals surface area contributed by atoms with Crippen LogP contribution in [0.2, 0.25) is 0 Å². The molecule has 0 bridgehead atoms. The topological polar surface area (TPSA) is 40.6 Å². The van der Waals surface area contributed by atoms with Crippen molar-refractivity contribution in [2.45, 2.75) is 26.2 Å². The number of unbranched alkanes of at least 4 members (excludes halogenated alkanes) is 1. The van der Waals surface area contributed by atoms with Gasteiger partial charge in [-0.2, -0.15) is 0 Å². The molecule has 0 fully saturated rings. The molecule has 3 rings (SSSR count). The zero-order valence-corrected chi connectivity index (χ0v) is 13.2. The molecule has 2 amide bonds. The molecule has 0 spiro atoms. The van der Waals surface area contributed by atoms with Gasteiger partial charge >= 0.3 is 0 Å². The molecule has 118 valence electrons. The van der Waals surface area contributed by atoms with E-state index in [0.717, 1.165) is 29.9 Å². The molecule has 2 aromatic rings. The fraction of sp³-hybridized carbons (Fsp3) is 0.263. The minimum Gasteiger partial charge on any atom is -0.310 e. The zero-order chi connectivity index (χ0) is 16.2. The Hall–Kier alpha value is -2.62. The average Bonchev–Trinajstić information content (AvgIpc) is 2.67. The first-order chi connectivity index (χ1) is 11.2. The van der Waals surface area contributed by atoms with Gasteiger partial charge in [0.15, 0.2) is 0 Å².